The molecule has 0 aliphatic carbocycles. The fourth-order valence-electron chi connectivity index (χ4n) is 6.50. The van der Waals surface area contributed by atoms with E-state index in [-0.39, 0.29) is 29.8 Å². The van der Waals surface area contributed by atoms with Gasteiger partial charge >= 0.3 is 0 Å². The average Bonchev–Trinajstić information content (AvgIpc) is 3.22. The average molecular weight is 584 g/mol. The van der Waals surface area contributed by atoms with Crippen molar-refractivity contribution in [2.45, 2.75) is 63.8 Å². The number of piperazine rings is 1. The SMILES string of the molecule is COCC(O)c1nc2c(cc1Cc1ccc(F)cc1)N(C(=O)CN1C[C@@H](C)NC[C@@H]1CN1CCOC[C@H]1C)CC2(C)C. The molecule has 1 amide bonds. The van der Waals surface area contributed by atoms with Crippen LogP contribution in [0.2, 0.25) is 0 Å². The number of aliphatic hydroxyl groups is 1. The lowest BCUT2D eigenvalue weighted by molar-refractivity contribution is -0.121. The van der Waals surface area contributed by atoms with Gasteiger partial charge in [0.05, 0.1) is 43.4 Å². The minimum Gasteiger partial charge on any atom is -0.384 e. The quantitative estimate of drug-likeness (QED) is 0.466. The molecule has 3 aliphatic heterocycles. The molecule has 2 aromatic rings. The molecule has 5 rings (SSSR count). The number of anilines is 1. The third-order valence-corrected chi connectivity index (χ3v) is 8.86. The number of hydrogen-bond acceptors (Lipinski definition) is 8. The molecule has 2 N–H and O–H groups in total. The maximum atomic E-state index is 14.1. The van der Waals surface area contributed by atoms with E-state index in [0.717, 1.165) is 61.9 Å². The van der Waals surface area contributed by atoms with Crippen LogP contribution in [0.15, 0.2) is 30.3 Å². The van der Waals surface area contributed by atoms with E-state index in [1.54, 1.807) is 19.2 Å². The van der Waals surface area contributed by atoms with Crippen molar-refractivity contribution in [1.82, 2.24) is 20.1 Å². The van der Waals surface area contributed by atoms with E-state index in [9.17, 15) is 14.3 Å². The summed E-state index contributed by atoms with van der Waals surface area (Å²) < 4.78 is 24.5. The molecule has 3 aliphatic rings. The molecule has 4 atom stereocenters. The van der Waals surface area contributed by atoms with Crippen molar-refractivity contribution in [1.29, 1.82) is 0 Å². The predicted molar refractivity (Wildman–Crippen MR) is 160 cm³/mol. The molecule has 4 heterocycles. The van der Waals surface area contributed by atoms with Crippen molar-refractivity contribution in [3.63, 3.8) is 0 Å². The molecule has 2 saturated heterocycles. The predicted octanol–water partition coefficient (Wildman–Crippen LogP) is 2.50. The third-order valence-electron chi connectivity index (χ3n) is 8.86. The first-order valence-corrected chi connectivity index (χ1v) is 15.1. The Morgan fingerprint density at radius 3 is 2.74 bits per heavy atom. The van der Waals surface area contributed by atoms with E-state index in [1.165, 1.54) is 12.1 Å². The summed E-state index contributed by atoms with van der Waals surface area (Å²) >= 11 is 0. The molecule has 0 spiro atoms. The van der Waals surface area contributed by atoms with Crippen LogP contribution in [0, 0.1) is 5.82 Å². The number of carbonyl (C=O) groups is 1. The van der Waals surface area contributed by atoms with Gasteiger partial charge in [0.2, 0.25) is 5.91 Å². The number of benzene rings is 1. The van der Waals surface area contributed by atoms with Crippen molar-refractivity contribution in [3.8, 4) is 0 Å². The molecular weight excluding hydrogens is 537 g/mol. The number of methoxy groups -OCH3 is 1. The number of aliphatic hydroxyl groups excluding tert-OH is 1. The molecular formula is C32H46FN5O4. The van der Waals surface area contributed by atoms with Crippen molar-refractivity contribution < 1.29 is 23.8 Å². The van der Waals surface area contributed by atoms with Crippen LogP contribution in [0.1, 0.15) is 56.3 Å². The number of pyridine rings is 1. The van der Waals surface area contributed by atoms with Gasteiger partial charge in [0.1, 0.15) is 11.9 Å². The van der Waals surface area contributed by atoms with Gasteiger partial charge in [0.15, 0.2) is 0 Å². The molecule has 42 heavy (non-hydrogen) atoms. The third kappa shape index (κ3) is 6.85. The summed E-state index contributed by atoms with van der Waals surface area (Å²) in [7, 11) is 1.55. The number of halogens is 1. The zero-order chi connectivity index (χ0) is 30.0. The van der Waals surface area contributed by atoms with Gasteiger partial charge in [-0.05, 0) is 49.6 Å². The van der Waals surface area contributed by atoms with E-state index in [4.69, 9.17) is 14.5 Å². The number of aromatic nitrogens is 1. The Kier molecular flexibility index (Phi) is 9.61. The number of amides is 1. The Bertz CT molecular complexity index is 1240. The Balaban J connectivity index is 1.42. The minimum atomic E-state index is -0.915. The summed E-state index contributed by atoms with van der Waals surface area (Å²) in [5.74, 6) is -0.247. The molecule has 1 aromatic heterocycles. The summed E-state index contributed by atoms with van der Waals surface area (Å²) in [6.45, 7) is 14.4. The monoisotopic (exact) mass is 583 g/mol. The highest BCUT2D eigenvalue weighted by molar-refractivity contribution is 5.97. The molecule has 1 unspecified atom stereocenters. The number of nitrogens with zero attached hydrogens (tertiary/aromatic N) is 4. The normalized spacial score (nSPS) is 25.4. The highest BCUT2D eigenvalue weighted by Gasteiger charge is 2.42. The van der Waals surface area contributed by atoms with Gasteiger partial charge in [0, 0.05) is 63.4 Å². The Labute approximate surface area is 249 Å². The highest BCUT2D eigenvalue weighted by atomic mass is 19.1. The number of nitrogens with one attached hydrogen (secondary N) is 1. The fourth-order valence-corrected chi connectivity index (χ4v) is 6.50. The lowest BCUT2D eigenvalue weighted by Gasteiger charge is -2.43. The second-order valence-electron chi connectivity index (χ2n) is 12.9. The van der Waals surface area contributed by atoms with Gasteiger partial charge < -0.3 is 24.8 Å². The summed E-state index contributed by atoms with van der Waals surface area (Å²) in [5.41, 5.74) is 3.44. The van der Waals surface area contributed by atoms with Crippen LogP contribution in [-0.4, -0.2) is 110 Å². The van der Waals surface area contributed by atoms with Crippen LogP contribution < -0.4 is 10.2 Å². The van der Waals surface area contributed by atoms with Gasteiger partial charge in [-0.1, -0.05) is 26.0 Å². The Morgan fingerprint density at radius 2 is 2.02 bits per heavy atom. The zero-order valence-electron chi connectivity index (χ0n) is 25.6. The number of morpholine rings is 1. The maximum absolute atomic E-state index is 14.1. The molecule has 1 aromatic carbocycles. The van der Waals surface area contributed by atoms with Gasteiger partial charge in [0.25, 0.3) is 0 Å². The minimum absolute atomic E-state index is 0.0515. The second kappa shape index (κ2) is 13.0. The van der Waals surface area contributed by atoms with Crippen molar-refractivity contribution in [2.24, 2.45) is 0 Å². The van der Waals surface area contributed by atoms with Gasteiger partial charge in [-0.25, -0.2) is 4.39 Å². The first-order valence-electron chi connectivity index (χ1n) is 15.1. The first kappa shape index (κ1) is 31.0. The lowest BCUT2D eigenvalue weighted by Crippen LogP contribution is -2.62. The summed E-state index contributed by atoms with van der Waals surface area (Å²) in [6.07, 6.45) is -0.462. The summed E-state index contributed by atoms with van der Waals surface area (Å²) in [6, 6.07) is 9.22. The Morgan fingerprint density at radius 1 is 1.26 bits per heavy atom. The van der Waals surface area contributed by atoms with Crippen molar-refractivity contribution in [3.05, 3.63) is 58.7 Å². The number of rotatable bonds is 9. The molecule has 2 fully saturated rings. The fraction of sp³-hybridized carbons (Fsp3) is 0.625. The van der Waals surface area contributed by atoms with Crippen molar-refractivity contribution >= 4 is 11.6 Å². The van der Waals surface area contributed by atoms with Crippen LogP contribution in [0.3, 0.4) is 0 Å². The number of hydrogen-bond donors (Lipinski definition) is 2. The standard InChI is InChI=1S/C32H46FN5O4/c1-21-15-37(26(14-34-21)16-36-10-11-42-18-22(36)2)17-29(40)38-20-32(3,4)31-27(38)13-24(30(35-31)28(39)19-41-5)12-23-6-8-25(33)9-7-23/h6-9,13,21-22,26,28,34,39H,10-12,14-20H2,1-5H3/t21-,22-,26-,28?/m1/s1. The van der Waals surface area contributed by atoms with E-state index >= 15 is 0 Å². The maximum Gasteiger partial charge on any atom is 0.241 e. The van der Waals surface area contributed by atoms with Gasteiger partial charge in [-0.15, -0.1) is 0 Å². The topological polar surface area (TPSA) is 90.4 Å². The van der Waals surface area contributed by atoms with Crippen LogP contribution in [0.4, 0.5) is 10.1 Å². The largest absolute Gasteiger partial charge is 0.384 e. The van der Waals surface area contributed by atoms with Crippen LogP contribution in [0.5, 0.6) is 0 Å². The number of ether oxygens (including phenoxy) is 2. The van der Waals surface area contributed by atoms with E-state index < -0.39 is 6.10 Å². The molecule has 10 heteroatoms. The smallest absolute Gasteiger partial charge is 0.241 e. The number of fused-ring (bicyclic) bond motifs is 1. The summed E-state index contributed by atoms with van der Waals surface area (Å²) in [5, 5.41) is 14.6. The summed E-state index contributed by atoms with van der Waals surface area (Å²) in [4.78, 5) is 25.8. The highest BCUT2D eigenvalue weighted by Crippen LogP contribution is 2.41. The van der Waals surface area contributed by atoms with Crippen LogP contribution in [0.25, 0.3) is 0 Å². The van der Waals surface area contributed by atoms with Crippen LogP contribution in [-0.2, 0) is 26.1 Å². The molecule has 9 nitrogen and oxygen atoms in total. The number of carbonyl (C=O) groups excluding carboxylic acids is 1. The zero-order valence-corrected chi connectivity index (χ0v) is 25.6. The second-order valence-corrected chi connectivity index (χ2v) is 12.9. The molecule has 0 bridgehead atoms. The van der Waals surface area contributed by atoms with E-state index in [0.29, 0.717) is 37.3 Å². The Hall–Kier alpha value is -2.47. The van der Waals surface area contributed by atoms with Crippen LogP contribution >= 0.6 is 0 Å². The van der Waals surface area contributed by atoms with E-state index in [2.05, 4.69) is 42.8 Å². The van der Waals surface area contributed by atoms with E-state index in [1.807, 2.05) is 11.0 Å². The lowest BCUT2D eigenvalue weighted by atomic mass is 9.90. The first-order chi connectivity index (χ1) is 20.1. The molecule has 0 saturated carbocycles. The van der Waals surface area contributed by atoms with Crippen molar-refractivity contribution in [2.75, 3.05) is 71.1 Å². The molecule has 0 radical (unpaired) electrons. The molecule has 230 valence electrons. The van der Waals surface area contributed by atoms with Gasteiger partial charge in [-0.2, -0.15) is 0 Å². The van der Waals surface area contributed by atoms with Gasteiger partial charge in [-0.3, -0.25) is 19.6 Å².